The Hall–Kier alpha value is -1.36. The fraction of sp³-hybridized carbons (Fsp3) is 0.667. The Balaban J connectivity index is 1.81. The van der Waals surface area contributed by atoms with Crippen molar-refractivity contribution < 1.29 is 0 Å². The van der Waals surface area contributed by atoms with E-state index >= 15 is 0 Å². The monoisotopic (exact) mass is 233 g/mol. The number of aromatic nitrogens is 2. The van der Waals surface area contributed by atoms with Crippen LogP contribution in [0.1, 0.15) is 18.5 Å². The molecule has 2 fully saturated rings. The van der Waals surface area contributed by atoms with Gasteiger partial charge in [-0.1, -0.05) is 0 Å². The van der Waals surface area contributed by atoms with Crippen molar-refractivity contribution in [2.75, 3.05) is 30.3 Å². The van der Waals surface area contributed by atoms with Crippen LogP contribution in [0, 0.1) is 12.8 Å². The number of nitrogens with two attached hydrogens (primary N) is 1. The number of nitrogen functional groups attached to an aromatic ring is 1. The van der Waals surface area contributed by atoms with Gasteiger partial charge in [0.1, 0.15) is 5.82 Å². The van der Waals surface area contributed by atoms with Gasteiger partial charge in [0.25, 0.3) is 0 Å². The number of hydrogen-bond acceptors (Lipinski definition) is 5. The van der Waals surface area contributed by atoms with Crippen molar-refractivity contribution in [3.05, 3.63) is 11.8 Å². The van der Waals surface area contributed by atoms with Gasteiger partial charge >= 0.3 is 0 Å². The minimum Gasteiger partial charge on any atom is -0.368 e. The molecule has 5 nitrogen and oxygen atoms in total. The zero-order valence-corrected chi connectivity index (χ0v) is 10.2. The smallest absolute Gasteiger partial charge is 0.222 e. The molecule has 0 aliphatic carbocycles. The summed E-state index contributed by atoms with van der Waals surface area (Å²) >= 11 is 0. The van der Waals surface area contributed by atoms with Gasteiger partial charge in [-0.15, -0.1) is 0 Å². The van der Waals surface area contributed by atoms with E-state index in [0.717, 1.165) is 37.1 Å². The number of aryl methyl sites for hydroxylation is 1. The topological polar surface area (TPSA) is 67.1 Å². The highest BCUT2D eigenvalue weighted by molar-refractivity contribution is 5.45. The maximum atomic E-state index is 5.71. The number of piperidine rings is 1. The number of anilines is 2. The van der Waals surface area contributed by atoms with Gasteiger partial charge in [0.05, 0.1) is 0 Å². The lowest BCUT2D eigenvalue weighted by atomic mass is 9.94. The minimum atomic E-state index is 0.378. The highest BCUT2D eigenvalue weighted by Crippen LogP contribution is 2.28. The van der Waals surface area contributed by atoms with Crippen molar-refractivity contribution in [3.8, 4) is 0 Å². The molecule has 17 heavy (non-hydrogen) atoms. The predicted molar refractivity (Wildman–Crippen MR) is 67.9 cm³/mol. The summed E-state index contributed by atoms with van der Waals surface area (Å²) in [6.45, 7) is 5.25. The molecule has 0 spiro atoms. The van der Waals surface area contributed by atoms with Gasteiger partial charge in [0.15, 0.2) is 0 Å². The third kappa shape index (κ3) is 2.07. The molecule has 5 heteroatoms. The lowest BCUT2D eigenvalue weighted by Gasteiger charge is -2.24. The fourth-order valence-electron chi connectivity index (χ4n) is 2.97. The summed E-state index contributed by atoms with van der Waals surface area (Å²) in [6, 6.07) is 2.65. The van der Waals surface area contributed by atoms with Crippen molar-refractivity contribution in [3.63, 3.8) is 0 Å². The van der Waals surface area contributed by atoms with Gasteiger partial charge in [0.2, 0.25) is 5.95 Å². The molecule has 0 radical (unpaired) electrons. The van der Waals surface area contributed by atoms with Crippen molar-refractivity contribution in [1.82, 2.24) is 15.3 Å². The van der Waals surface area contributed by atoms with Gasteiger partial charge in [-0.3, -0.25) is 0 Å². The number of fused-ring (bicyclic) bond motifs is 1. The van der Waals surface area contributed by atoms with Crippen LogP contribution in [-0.2, 0) is 0 Å². The summed E-state index contributed by atoms with van der Waals surface area (Å²) in [7, 11) is 0. The molecule has 2 saturated heterocycles. The third-order valence-electron chi connectivity index (χ3n) is 3.78. The first-order valence-electron chi connectivity index (χ1n) is 6.32. The molecule has 3 heterocycles. The molecule has 2 unspecified atom stereocenters. The van der Waals surface area contributed by atoms with Crippen LogP contribution in [0.25, 0.3) is 0 Å². The maximum absolute atomic E-state index is 5.71. The molecule has 2 aliphatic rings. The highest BCUT2D eigenvalue weighted by atomic mass is 15.3. The average Bonchev–Trinajstić information content (AvgIpc) is 2.71. The second kappa shape index (κ2) is 4.14. The van der Waals surface area contributed by atoms with E-state index in [2.05, 4.69) is 20.2 Å². The molecule has 0 saturated carbocycles. The molecule has 0 amide bonds. The number of nitrogens with zero attached hydrogens (tertiary/aromatic N) is 3. The van der Waals surface area contributed by atoms with Crippen molar-refractivity contribution in [2.24, 2.45) is 5.92 Å². The Morgan fingerprint density at radius 1 is 1.41 bits per heavy atom. The van der Waals surface area contributed by atoms with Crippen LogP contribution in [0.3, 0.4) is 0 Å². The van der Waals surface area contributed by atoms with E-state index in [1.54, 1.807) is 0 Å². The van der Waals surface area contributed by atoms with Crippen LogP contribution in [0.2, 0.25) is 0 Å². The summed E-state index contributed by atoms with van der Waals surface area (Å²) < 4.78 is 0. The van der Waals surface area contributed by atoms with E-state index < -0.39 is 0 Å². The molecule has 0 bridgehead atoms. The first kappa shape index (κ1) is 10.8. The third-order valence-corrected chi connectivity index (χ3v) is 3.78. The Labute approximate surface area is 101 Å². The molecule has 0 aromatic carbocycles. The summed E-state index contributed by atoms with van der Waals surface area (Å²) in [4.78, 5) is 10.8. The minimum absolute atomic E-state index is 0.378. The van der Waals surface area contributed by atoms with Crippen LogP contribution < -0.4 is 16.0 Å². The molecular weight excluding hydrogens is 214 g/mol. The molecule has 3 rings (SSSR count). The molecule has 92 valence electrons. The molecule has 3 N–H and O–H groups in total. The SMILES string of the molecule is Cc1cc(N2CC3CCCNC3C2)nc(N)n1. The van der Waals surface area contributed by atoms with Gasteiger partial charge in [-0.25, -0.2) is 4.98 Å². The fourth-order valence-corrected chi connectivity index (χ4v) is 2.97. The van der Waals surface area contributed by atoms with E-state index in [-0.39, 0.29) is 0 Å². The highest BCUT2D eigenvalue weighted by Gasteiger charge is 2.34. The van der Waals surface area contributed by atoms with Gasteiger partial charge in [-0.05, 0) is 32.2 Å². The van der Waals surface area contributed by atoms with Gasteiger partial charge in [-0.2, -0.15) is 4.98 Å². The Bertz CT molecular complexity index is 385. The van der Waals surface area contributed by atoms with E-state index in [1.165, 1.54) is 12.8 Å². The normalized spacial score (nSPS) is 28.2. The first-order chi connectivity index (χ1) is 8.22. The number of rotatable bonds is 1. The van der Waals surface area contributed by atoms with E-state index in [4.69, 9.17) is 5.73 Å². The lowest BCUT2D eigenvalue weighted by Crippen LogP contribution is -2.40. The second-order valence-corrected chi connectivity index (χ2v) is 5.09. The van der Waals surface area contributed by atoms with E-state index in [1.807, 2.05) is 13.0 Å². The predicted octanol–water partition coefficient (Wildman–Crippen LogP) is 0.555. The molecule has 2 aliphatic heterocycles. The van der Waals surface area contributed by atoms with Crippen LogP contribution in [0.4, 0.5) is 11.8 Å². The van der Waals surface area contributed by atoms with E-state index in [9.17, 15) is 0 Å². The van der Waals surface area contributed by atoms with Crippen LogP contribution in [0.5, 0.6) is 0 Å². The summed E-state index contributed by atoms with van der Waals surface area (Å²) in [6.07, 6.45) is 2.62. The zero-order valence-electron chi connectivity index (χ0n) is 10.2. The molecule has 1 aromatic heterocycles. The first-order valence-corrected chi connectivity index (χ1v) is 6.32. The quantitative estimate of drug-likeness (QED) is 0.741. The lowest BCUT2D eigenvalue weighted by molar-refractivity contribution is 0.340. The molecule has 2 atom stereocenters. The van der Waals surface area contributed by atoms with Gasteiger partial charge in [0, 0.05) is 30.9 Å². The van der Waals surface area contributed by atoms with E-state index in [0.29, 0.717) is 12.0 Å². The Morgan fingerprint density at radius 3 is 3.06 bits per heavy atom. The van der Waals surface area contributed by atoms with Crippen LogP contribution in [0.15, 0.2) is 6.07 Å². The van der Waals surface area contributed by atoms with Crippen molar-refractivity contribution in [2.45, 2.75) is 25.8 Å². The van der Waals surface area contributed by atoms with Crippen molar-refractivity contribution in [1.29, 1.82) is 0 Å². The summed E-state index contributed by atoms with van der Waals surface area (Å²) in [5.74, 6) is 2.12. The zero-order chi connectivity index (χ0) is 11.8. The number of hydrogen-bond donors (Lipinski definition) is 2. The maximum Gasteiger partial charge on any atom is 0.222 e. The Kier molecular flexibility index (Phi) is 2.63. The average molecular weight is 233 g/mol. The summed E-state index contributed by atoms with van der Waals surface area (Å²) in [5.41, 5.74) is 6.65. The molecule has 1 aromatic rings. The number of nitrogens with one attached hydrogen (secondary N) is 1. The molecular formula is C12H19N5. The van der Waals surface area contributed by atoms with Crippen LogP contribution in [-0.4, -0.2) is 35.6 Å². The Morgan fingerprint density at radius 2 is 2.29 bits per heavy atom. The van der Waals surface area contributed by atoms with Crippen molar-refractivity contribution >= 4 is 11.8 Å². The largest absolute Gasteiger partial charge is 0.368 e. The van der Waals surface area contributed by atoms with Crippen LogP contribution >= 0.6 is 0 Å². The standard InChI is InChI=1S/C12H19N5/c1-8-5-11(16-12(13)15-8)17-6-9-3-2-4-14-10(9)7-17/h5,9-10,14H,2-4,6-7H2,1H3,(H2,13,15,16). The summed E-state index contributed by atoms with van der Waals surface area (Å²) in [5, 5.41) is 3.59. The second-order valence-electron chi connectivity index (χ2n) is 5.09. The van der Waals surface area contributed by atoms with Gasteiger partial charge < -0.3 is 16.0 Å².